The van der Waals surface area contributed by atoms with Crippen LogP contribution in [0.2, 0.25) is 0 Å². The fourth-order valence-corrected chi connectivity index (χ4v) is 2.68. The second-order valence-electron chi connectivity index (χ2n) is 3.71. The molecule has 0 radical (unpaired) electrons. The van der Waals surface area contributed by atoms with E-state index in [1.165, 1.54) is 17.4 Å². The molecule has 2 heterocycles. The molecular weight excluding hydrogens is 254 g/mol. The Bertz CT molecular complexity index is 743. The molecule has 3 rings (SSSR count). The Morgan fingerprint density at radius 2 is 2.11 bits per heavy atom. The Kier molecular flexibility index (Phi) is 2.31. The predicted molar refractivity (Wildman–Crippen MR) is 65.9 cm³/mol. The number of fused-ring (bicyclic) bond motifs is 1. The van der Waals surface area contributed by atoms with Gasteiger partial charge in [-0.25, -0.2) is 4.79 Å². The van der Waals surface area contributed by atoms with Crippen molar-refractivity contribution in [3.05, 3.63) is 36.0 Å². The van der Waals surface area contributed by atoms with Crippen molar-refractivity contribution in [2.45, 2.75) is 0 Å². The molecule has 0 saturated carbocycles. The smallest absolute Gasteiger partial charge is 0.358 e. The summed E-state index contributed by atoms with van der Waals surface area (Å²) in [4.78, 5) is 11.5. The summed E-state index contributed by atoms with van der Waals surface area (Å²) in [7, 11) is 0. The summed E-state index contributed by atoms with van der Waals surface area (Å²) in [6, 6.07) is 8.29. The van der Waals surface area contributed by atoms with Gasteiger partial charge in [0.15, 0.2) is 11.5 Å². The van der Waals surface area contributed by atoms with Crippen molar-refractivity contribution in [2.24, 2.45) is 0 Å². The molecule has 0 aliphatic heterocycles. The van der Waals surface area contributed by atoms with Gasteiger partial charge >= 0.3 is 5.97 Å². The number of aromatic carboxylic acids is 1. The molecule has 0 saturated heterocycles. The molecule has 6 heteroatoms. The third kappa shape index (κ3) is 1.72. The highest BCUT2D eigenvalue weighted by Gasteiger charge is 2.14. The van der Waals surface area contributed by atoms with Gasteiger partial charge in [0.05, 0.1) is 4.88 Å². The van der Waals surface area contributed by atoms with Crippen LogP contribution in [0.25, 0.3) is 20.7 Å². The molecule has 0 bridgehead atoms. The molecule has 0 aliphatic rings. The first-order valence-corrected chi connectivity index (χ1v) is 5.88. The van der Waals surface area contributed by atoms with Gasteiger partial charge in [-0.15, -0.1) is 11.3 Å². The Labute approximate surface area is 105 Å². The molecular formula is C12H7NO4S. The highest BCUT2D eigenvalue weighted by atomic mass is 32.1. The number of rotatable bonds is 2. The quantitative estimate of drug-likeness (QED) is 0.741. The lowest BCUT2D eigenvalue weighted by molar-refractivity contribution is 0.0686. The van der Waals surface area contributed by atoms with E-state index in [0.717, 1.165) is 15.0 Å². The number of carbonyl (C=O) groups is 1. The molecule has 90 valence electrons. The minimum absolute atomic E-state index is 0.120. The third-order valence-electron chi connectivity index (χ3n) is 2.48. The summed E-state index contributed by atoms with van der Waals surface area (Å²) in [5.41, 5.74) is -0.120. The Balaban J connectivity index is 2.10. The number of nitrogens with zero attached hydrogens (tertiary/aromatic N) is 1. The van der Waals surface area contributed by atoms with Crippen LogP contribution in [0.4, 0.5) is 0 Å². The maximum Gasteiger partial charge on any atom is 0.358 e. The number of aromatic nitrogens is 1. The van der Waals surface area contributed by atoms with E-state index in [1.807, 2.05) is 6.07 Å². The normalized spacial score (nSPS) is 10.9. The Morgan fingerprint density at radius 1 is 1.28 bits per heavy atom. The zero-order valence-corrected chi connectivity index (χ0v) is 9.77. The van der Waals surface area contributed by atoms with Crippen LogP contribution in [-0.2, 0) is 0 Å². The van der Waals surface area contributed by atoms with Gasteiger partial charge in [0.1, 0.15) is 5.75 Å². The van der Waals surface area contributed by atoms with Gasteiger partial charge < -0.3 is 14.7 Å². The molecule has 2 N–H and O–H groups in total. The maximum absolute atomic E-state index is 10.7. The topological polar surface area (TPSA) is 83.6 Å². The van der Waals surface area contributed by atoms with Crippen LogP contribution in [0.3, 0.4) is 0 Å². The van der Waals surface area contributed by atoms with Crippen molar-refractivity contribution in [3.63, 3.8) is 0 Å². The van der Waals surface area contributed by atoms with E-state index in [2.05, 4.69) is 5.16 Å². The number of carboxylic acid groups (broad SMARTS) is 1. The van der Waals surface area contributed by atoms with Gasteiger partial charge in [-0.05, 0) is 29.7 Å². The van der Waals surface area contributed by atoms with Gasteiger partial charge in [-0.1, -0.05) is 5.16 Å². The lowest BCUT2D eigenvalue weighted by Gasteiger charge is -1.89. The van der Waals surface area contributed by atoms with Gasteiger partial charge in [0.2, 0.25) is 0 Å². The number of aromatic hydroxyl groups is 1. The number of benzene rings is 1. The summed E-state index contributed by atoms with van der Waals surface area (Å²) < 4.78 is 5.89. The van der Waals surface area contributed by atoms with E-state index in [4.69, 9.17) is 9.63 Å². The summed E-state index contributed by atoms with van der Waals surface area (Å²) in [6.45, 7) is 0. The number of carboxylic acids is 1. The molecule has 3 aromatic rings. The molecule has 0 amide bonds. The predicted octanol–water partition coefficient (Wildman–Crippen LogP) is 2.96. The molecule has 0 spiro atoms. The highest BCUT2D eigenvalue weighted by Crippen LogP contribution is 2.35. The summed E-state index contributed by atoms with van der Waals surface area (Å²) >= 11 is 1.40. The Morgan fingerprint density at radius 3 is 2.83 bits per heavy atom. The molecule has 0 aliphatic carbocycles. The first-order chi connectivity index (χ1) is 8.63. The lowest BCUT2D eigenvalue weighted by Crippen LogP contribution is -1.94. The van der Waals surface area contributed by atoms with Crippen LogP contribution in [0.5, 0.6) is 5.75 Å². The standard InChI is InChI=1S/C12H7NO4S/c14-7-2-1-6-3-11(18-10(6)4-7)9-5-8(12(15)16)13-17-9/h1-5,14H,(H,15,16). The zero-order valence-electron chi connectivity index (χ0n) is 8.95. The fourth-order valence-electron chi connectivity index (χ4n) is 1.63. The zero-order chi connectivity index (χ0) is 12.7. The second-order valence-corrected chi connectivity index (χ2v) is 4.80. The maximum atomic E-state index is 10.7. The van der Waals surface area contributed by atoms with Crippen molar-refractivity contribution in [1.82, 2.24) is 5.16 Å². The average Bonchev–Trinajstić information content (AvgIpc) is 2.93. The van der Waals surface area contributed by atoms with Gasteiger partial charge in [-0.3, -0.25) is 0 Å². The monoisotopic (exact) mass is 261 g/mol. The minimum atomic E-state index is -1.12. The van der Waals surface area contributed by atoms with Crippen LogP contribution >= 0.6 is 11.3 Å². The second kappa shape index (κ2) is 3.85. The number of hydrogen-bond acceptors (Lipinski definition) is 5. The molecule has 18 heavy (non-hydrogen) atoms. The first kappa shape index (κ1) is 10.8. The minimum Gasteiger partial charge on any atom is -0.508 e. The SMILES string of the molecule is O=C(O)c1cc(-c2cc3ccc(O)cc3s2)on1. The van der Waals surface area contributed by atoms with Crippen molar-refractivity contribution < 1.29 is 19.5 Å². The van der Waals surface area contributed by atoms with Crippen LogP contribution in [0.15, 0.2) is 34.9 Å². The fraction of sp³-hybridized carbons (Fsp3) is 0. The third-order valence-corrected chi connectivity index (χ3v) is 3.59. The number of hydrogen-bond donors (Lipinski definition) is 2. The summed E-state index contributed by atoms with van der Waals surface area (Å²) in [5, 5.41) is 22.6. The van der Waals surface area contributed by atoms with E-state index in [0.29, 0.717) is 5.76 Å². The van der Waals surface area contributed by atoms with E-state index < -0.39 is 5.97 Å². The van der Waals surface area contributed by atoms with E-state index in [-0.39, 0.29) is 11.4 Å². The van der Waals surface area contributed by atoms with Crippen LogP contribution < -0.4 is 0 Å². The molecule has 2 aromatic heterocycles. The van der Waals surface area contributed by atoms with Crippen molar-refractivity contribution in [1.29, 1.82) is 0 Å². The van der Waals surface area contributed by atoms with Gasteiger partial charge in [-0.2, -0.15) is 0 Å². The Hall–Kier alpha value is -2.34. The first-order valence-electron chi connectivity index (χ1n) is 5.06. The van der Waals surface area contributed by atoms with Crippen LogP contribution in [-0.4, -0.2) is 21.3 Å². The molecule has 5 nitrogen and oxygen atoms in total. The summed E-state index contributed by atoms with van der Waals surface area (Å²) in [5.74, 6) is -0.517. The van der Waals surface area contributed by atoms with Crippen molar-refractivity contribution in [2.75, 3.05) is 0 Å². The molecule has 1 aromatic carbocycles. The largest absolute Gasteiger partial charge is 0.508 e. The van der Waals surface area contributed by atoms with Crippen molar-refractivity contribution in [3.8, 4) is 16.4 Å². The number of thiophene rings is 1. The lowest BCUT2D eigenvalue weighted by atomic mass is 10.2. The van der Waals surface area contributed by atoms with Crippen LogP contribution in [0, 0.1) is 0 Å². The van der Waals surface area contributed by atoms with E-state index in [9.17, 15) is 9.90 Å². The summed E-state index contributed by atoms with van der Waals surface area (Å²) in [6.07, 6.45) is 0. The highest BCUT2D eigenvalue weighted by molar-refractivity contribution is 7.22. The molecule has 0 unspecified atom stereocenters. The van der Waals surface area contributed by atoms with E-state index in [1.54, 1.807) is 18.2 Å². The van der Waals surface area contributed by atoms with E-state index >= 15 is 0 Å². The van der Waals surface area contributed by atoms with Gasteiger partial charge in [0, 0.05) is 10.8 Å². The number of phenols is 1. The number of phenolic OH excluding ortho intramolecular Hbond substituents is 1. The molecule has 0 fully saturated rings. The van der Waals surface area contributed by atoms with Crippen molar-refractivity contribution >= 4 is 27.4 Å². The molecule has 0 atom stereocenters. The van der Waals surface area contributed by atoms with Crippen LogP contribution in [0.1, 0.15) is 10.5 Å². The average molecular weight is 261 g/mol. The van der Waals surface area contributed by atoms with Gasteiger partial charge in [0.25, 0.3) is 0 Å².